The van der Waals surface area contributed by atoms with Crippen molar-refractivity contribution in [3.63, 3.8) is 0 Å². The molecule has 1 heterocycles. The van der Waals surface area contributed by atoms with E-state index >= 15 is 0 Å². The minimum atomic E-state index is -3.67. The molecule has 160 valence electrons. The number of carbonyl (C=O) groups excluding carboxylic acids is 1. The summed E-state index contributed by atoms with van der Waals surface area (Å²) in [7, 11) is -3.67. The Kier molecular flexibility index (Phi) is 5.92. The first kappa shape index (κ1) is 21.3. The Labute approximate surface area is 185 Å². The van der Waals surface area contributed by atoms with Gasteiger partial charge in [-0.2, -0.15) is 4.31 Å². The lowest BCUT2D eigenvalue weighted by molar-refractivity contribution is -0.118. The summed E-state index contributed by atoms with van der Waals surface area (Å²) in [6.45, 7) is 3.20. The second-order valence-corrected chi connectivity index (χ2v) is 10.6. The molecule has 30 heavy (non-hydrogen) atoms. The van der Waals surface area contributed by atoms with Gasteiger partial charge in [0.15, 0.2) is 0 Å². The van der Waals surface area contributed by atoms with Crippen molar-refractivity contribution in [2.45, 2.75) is 42.9 Å². The van der Waals surface area contributed by atoms with Crippen molar-refractivity contribution >= 4 is 37.5 Å². The van der Waals surface area contributed by atoms with Gasteiger partial charge in [-0.15, -0.1) is 0 Å². The maximum absolute atomic E-state index is 13.2. The summed E-state index contributed by atoms with van der Waals surface area (Å²) in [6, 6.07) is 12.6. The second kappa shape index (κ2) is 8.32. The normalized spacial score (nSPS) is 18.2. The monoisotopic (exact) mass is 492 g/mol. The predicted octanol–water partition coefficient (Wildman–Crippen LogP) is 4.30. The third-order valence-electron chi connectivity index (χ3n) is 5.77. The Bertz CT molecular complexity index is 1040. The fraction of sp³-hybridized carbons (Fsp3) is 0.409. The number of sulfonamides is 1. The SMILES string of the molecule is CCOc1ccc(NC(=O)C2(c3ccc(Br)cc3)CC2)cc1S(=O)(=O)N1CCCC1. The predicted molar refractivity (Wildman–Crippen MR) is 119 cm³/mol. The molecule has 2 aliphatic rings. The number of rotatable bonds is 7. The van der Waals surface area contributed by atoms with Crippen LogP contribution in [0, 0.1) is 0 Å². The molecule has 4 rings (SSSR count). The number of hydrogen-bond acceptors (Lipinski definition) is 4. The van der Waals surface area contributed by atoms with Crippen molar-refractivity contribution in [3.8, 4) is 5.75 Å². The first-order valence-corrected chi connectivity index (χ1v) is 12.4. The van der Waals surface area contributed by atoms with Crippen molar-refractivity contribution in [1.82, 2.24) is 4.31 Å². The number of amides is 1. The van der Waals surface area contributed by atoms with E-state index in [-0.39, 0.29) is 10.8 Å². The molecule has 1 N–H and O–H groups in total. The molecule has 0 spiro atoms. The lowest BCUT2D eigenvalue weighted by Crippen LogP contribution is -2.29. The number of nitrogens with zero attached hydrogens (tertiary/aromatic N) is 1. The highest BCUT2D eigenvalue weighted by Gasteiger charge is 2.51. The molecule has 1 saturated carbocycles. The van der Waals surface area contributed by atoms with Gasteiger partial charge < -0.3 is 10.1 Å². The Morgan fingerprint density at radius 3 is 2.40 bits per heavy atom. The lowest BCUT2D eigenvalue weighted by atomic mass is 9.95. The lowest BCUT2D eigenvalue weighted by Gasteiger charge is -2.20. The Hall–Kier alpha value is -1.90. The number of benzene rings is 2. The molecule has 2 aromatic rings. The number of anilines is 1. The molecule has 1 aliphatic carbocycles. The third kappa shape index (κ3) is 4.00. The fourth-order valence-corrected chi connectivity index (χ4v) is 5.86. The van der Waals surface area contributed by atoms with Gasteiger partial charge in [-0.1, -0.05) is 28.1 Å². The van der Waals surface area contributed by atoms with E-state index in [1.54, 1.807) is 12.1 Å². The van der Waals surface area contributed by atoms with E-state index in [1.165, 1.54) is 10.4 Å². The highest BCUT2D eigenvalue weighted by molar-refractivity contribution is 9.10. The molecular weight excluding hydrogens is 468 g/mol. The molecule has 2 fully saturated rings. The first-order valence-electron chi connectivity index (χ1n) is 10.2. The summed E-state index contributed by atoms with van der Waals surface area (Å²) < 4.78 is 34.3. The smallest absolute Gasteiger partial charge is 0.246 e. The van der Waals surface area contributed by atoms with Gasteiger partial charge in [0.2, 0.25) is 15.9 Å². The van der Waals surface area contributed by atoms with E-state index in [0.29, 0.717) is 31.1 Å². The third-order valence-corrected chi connectivity index (χ3v) is 8.21. The Morgan fingerprint density at radius 1 is 1.13 bits per heavy atom. The van der Waals surface area contributed by atoms with Crippen LogP contribution in [0.4, 0.5) is 5.69 Å². The van der Waals surface area contributed by atoms with Gasteiger partial charge in [-0.05, 0) is 68.5 Å². The van der Waals surface area contributed by atoms with Crippen LogP contribution in [-0.4, -0.2) is 38.3 Å². The van der Waals surface area contributed by atoms with Gasteiger partial charge in [-0.3, -0.25) is 4.79 Å². The maximum Gasteiger partial charge on any atom is 0.246 e. The zero-order chi connectivity index (χ0) is 21.4. The summed E-state index contributed by atoms with van der Waals surface area (Å²) in [5, 5.41) is 2.94. The number of hydrogen-bond donors (Lipinski definition) is 1. The average molecular weight is 493 g/mol. The number of halogens is 1. The summed E-state index contributed by atoms with van der Waals surface area (Å²) in [5.74, 6) is 0.204. The van der Waals surface area contributed by atoms with Crippen molar-refractivity contribution in [2.24, 2.45) is 0 Å². The average Bonchev–Trinajstić information content (AvgIpc) is 3.34. The minimum absolute atomic E-state index is 0.109. The minimum Gasteiger partial charge on any atom is -0.492 e. The van der Waals surface area contributed by atoms with E-state index in [9.17, 15) is 13.2 Å². The van der Waals surface area contributed by atoms with Crippen LogP contribution < -0.4 is 10.1 Å². The van der Waals surface area contributed by atoms with Crippen molar-refractivity contribution < 1.29 is 17.9 Å². The standard InChI is InChI=1S/C22H25BrN2O4S/c1-2-29-19-10-9-18(15-20(19)30(27,28)25-13-3-4-14-25)24-21(26)22(11-12-22)16-5-7-17(23)8-6-16/h5-10,15H,2-4,11-14H2,1H3,(H,24,26). The summed E-state index contributed by atoms with van der Waals surface area (Å²) in [6.07, 6.45) is 3.26. The molecule has 6 nitrogen and oxygen atoms in total. The number of ether oxygens (including phenoxy) is 1. The van der Waals surface area contributed by atoms with Crippen LogP contribution in [-0.2, 0) is 20.2 Å². The van der Waals surface area contributed by atoms with Crippen LogP contribution in [0.3, 0.4) is 0 Å². The molecule has 8 heteroatoms. The van der Waals surface area contributed by atoms with E-state index in [0.717, 1.165) is 35.7 Å². The van der Waals surface area contributed by atoms with E-state index in [2.05, 4.69) is 21.2 Å². The molecule has 0 aromatic heterocycles. The summed E-state index contributed by atoms with van der Waals surface area (Å²) >= 11 is 3.42. The van der Waals surface area contributed by atoms with Crippen molar-refractivity contribution in [2.75, 3.05) is 25.0 Å². The van der Waals surface area contributed by atoms with Gasteiger partial charge in [0, 0.05) is 23.2 Å². The van der Waals surface area contributed by atoms with Crippen molar-refractivity contribution in [1.29, 1.82) is 0 Å². The Balaban J connectivity index is 1.62. The molecule has 1 saturated heterocycles. The van der Waals surface area contributed by atoms with Crippen LogP contribution in [0.25, 0.3) is 0 Å². The molecule has 1 aliphatic heterocycles. The van der Waals surface area contributed by atoms with Crippen LogP contribution in [0.5, 0.6) is 5.75 Å². The van der Waals surface area contributed by atoms with Gasteiger partial charge in [0.1, 0.15) is 10.6 Å². The zero-order valence-corrected chi connectivity index (χ0v) is 19.3. The first-order chi connectivity index (χ1) is 14.4. The molecular formula is C22H25BrN2O4S. The van der Waals surface area contributed by atoms with Crippen LogP contribution >= 0.6 is 15.9 Å². The molecule has 0 radical (unpaired) electrons. The maximum atomic E-state index is 13.2. The second-order valence-electron chi connectivity index (χ2n) is 7.75. The van der Waals surface area contributed by atoms with E-state index in [1.807, 2.05) is 31.2 Å². The van der Waals surface area contributed by atoms with Crippen LogP contribution in [0.15, 0.2) is 51.8 Å². The van der Waals surface area contributed by atoms with E-state index in [4.69, 9.17) is 4.74 Å². The highest BCUT2D eigenvalue weighted by atomic mass is 79.9. The molecule has 0 unspecified atom stereocenters. The van der Waals surface area contributed by atoms with Gasteiger partial charge >= 0.3 is 0 Å². The Morgan fingerprint density at radius 2 is 1.80 bits per heavy atom. The molecule has 2 aromatic carbocycles. The molecule has 1 amide bonds. The summed E-state index contributed by atoms with van der Waals surface area (Å²) in [5.41, 5.74) is 0.886. The number of nitrogens with one attached hydrogen (secondary N) is 1. The highest BCUT2D eigenvalue weighted by Crippen LogP contribution is 2.49. The van der Waals surface area contributed by atoms with Crippen LogP contribution in [0.1, 0.15) is 38.2 Å². The largest absolute Gasteiger partial charge is 0.492 e. The fourth-order valence-electron chi connectivity index (χ4n) is 3.92. The topological polar surface area (TPSA) is 75.7 Å². The van der Waals surface area contributed by atoms with Crippen molar-refractivity contribution in [3.05, 3.63) is 52.5 Å². The van der Waals surface area contributed by atoms with Crippen LogP contribution in [0.2, 0.25) is 0 Å². The zero-order valence-electron chi connectivity index (χ0n) is 16.9. The van der Waals surface area contributed by atoms with Gasteiger partial charge in [0.25, 0.3) is 0 Å². The quantitative estimate of drug-likeness (QED) is 0.624. The molecule has 0 atom stereocenters. The summed E-state index contributed by atoms with van der Waals surface area (Å²) in [4.78, 5) is 13.2. The van der Waals surface area contributed by atoms with E-state index < -0.39 is 15.4 Å². The van der Waals surface area contributed by atoms with Gasteiger partial charge in [0.05, 0.1) is 12.0 Å². The number of carbonyl (C=O) groups is 1. The van der Waals surface area contributed by atoms with Gasteiger partial charge in [-0.25, -0.2) is 8.42 Å². The molecule has 0 bridgehead atoms.